The van der Waals surface area contributed by atoms with E-state index in [0.29, 0.717) is 6.61 Å². The summed E-state index contributed by atoms with van der Waals surface area (Å²) in [6.07, 6.45) is 0.890. The van der Waals surface area contributed by atoms with Crippen LogP contribution in [0.25, 0.3) is 0 Å². The Hall–Kier alpha value is -0.120. The lowest BCUT2D eigenvalue weighted by molar-refractivity contribution is -0.0876. The number of nitrogens with zero attached hydrogens (tertiary/aromatic N) is 1. The van der Waals surface area contributed by atoms with E-state index in [4.69, 9.17) is 4.74 Å². The number of ether oxygens (including phenoxy) is 1. The molecule has 66 valence electrons. The highest BCUT2D eigenvalue weighted by Crippen LogP contribution is 2.17. The highest BCUT2D eigenvalue weighted by molar-refractivity contribution is 4.81. The molecule has 3 nitrogen and oxygen atoms in total. The van der Waals surface area contributed by atoms with E-state index in [0.717, 1.165) is 6.42 Å². The number of hydrogen-bond acceptors (Lipinski definition) is 3. The Labute approximate surface area is 68.0 Å². The van der Waals surface area contributed by atoms with E-state index in [-0.39, 0.29) is 18.2 Å². The summed E-state index contributed by atoms with van der Waals surface area (Å²) < 4.78 is 5.29. The van der Waals surface area contributed by atoms with Gasteiger partial charge in [0.15, 0.2) is 0 Å². The third kappa shape index (κ3) is 2.15. The van der Waals surface area contributed by atoms with Crippen molar-refractivity contribution in [2.75, 3.05) is 20.7 Å². The third-order valence-corrected chi connectivity index (χ3v) is 2.23. The molecule has 1 fully saturated rings. The van der Waals surface area contributed by atoms with Gasteiger partial charge < -0.3 is 14.7 Å². The average Bonchev–Trinajstić information content (AvgIpc) is 1.94. The standard InChI is InChI=1S/C8H17NO2/c1-6-4-7(9(2)3)8(10)5-11-6/h6-8,10H,4-5H2,1-3H3/t6-,7?,8?/m1/s1. The van der Waals surface area contributed by atoms with Gasteiger partial charge in [-0.15, -0.1) is 0 Å². The number of aliphatic hydroxyl groups excluding tert-OH is 1. The highest BCUT2D eigenvalue weighted by Gasteiger charge is 2.28. The predicted octanol–water partition coefficient (Wildman–Crippen LogP) is 0.0863. The molecule has 0 aromatic carbocycles. The van der Waals surface area contributed by atoms with Crippen molar-refractivity contribution in [1.29, 1.82) is 0 Å². The Balaban J connectivity index is 2.47. The lowest BCUT2D eigenvalue weighted by Crippen LogP contribution is -2.47. The first kappa shape index (κ1) is 8.97. The Morgan fingerprint density at radius 3 is 2.55 bits per heavy atom. The SMILES string of the molecule is C[C@@H]1CC(N(C)C)C(O)CO1. The van der Waals surface area contributed by atoms with Crippen LogP contribution in [0.1, 0.15) is 13.3 Å². The van der Waals surface area contributed by atoms with E-state index in [9.17, 15) is 5.11 Å². The second-order valence-corrected chi connectivity index (χ2v) is 3.48. The molecular weight excluding hydrogens is 142 g/mol. The average molecular weight is 159 g/mol. The summed E-state index contributed by atoms with van der Waals surface area (Å²) in [4.78, 5) is 2.06. The van der Waals surface area contributed by atoms with Crippen LogP contribution in [0.5, 0.6) is 0 Å². The van der Waals surface area contributed by atoms with Crippen LogP contribution in [0.3, 0.4) is 0 Å². The lowest BCUT2D eigenvalue weighted by Gasteiger charge is -2.35. The molecule has 1 heterocycles. The molecule has 0 bridgehead atoms. The van der Waals surface area contributed by atoms with E-state index < -0.39 is 0 Å². The minimum Gasteiger partial charge on any atom is -0.389 e. The summed E-state index contributed by atoms with van der Waals surface area (Å²) in [5.74, 6) is 0. The van der Waals surface area contributed by atoms with Crippen LogP contribution in [0, 0.1) is 0 Å². The minimum absolute atomic E-state index is 0.263. The summed E-state index contributed by atoms with van der Waals surface area (Å²) in [5, 5.41) is 9.49. The van der Waals surface area contributed by atoms with Gasteiger partial charge in [0.2, 0.25) is 0 Å². The van der Waals surface area contributed by atoms with Crippen molar-refractivity contribution in [3.63, 3.8) is 0 Å². The van der Waals surface area contributed by atoms with Gasteiger partial charge in [-0.25, -0.2) is 0 Å². The monoisotopic (exact) mass is 159 g/mol. The van der Waals surface area contributed by atoms with E-state index in [1.54, 1.807) is 0 Å². The first-order chi connectivity index (χ1) is 5.11. The minimum atomic E-state index is -0.318. The topological polar surface area (TPSA) is 32.7 Å². The largest absolute Gasteiger partial charge is 0.389 e. The van der Waals surface area contributed by atoms with Crippen LogP contribution in [0.15, 0.2) is 0 Å². The van der Waals surface area contributed by atoms with Gasteiger partial charge in [0.25, 0.3) is 0 Å². The fourth-order valence-corrected chi connectivity index (χ4v) is 1.49. The van der Waals surface area contributed by atoms with E-state index in [2.05, 4.69) is 4.90 Å². The Kier molecular flexibility index (Phi) is 2.87. The molecule has 1 rings (SSSR count). The van der Waals surface area contributed by atoms with Crippen molar-refractivity contribution < 1.29 is 9.84 Å². The van der Waals surface area contributed by atoms with Crippen molar-refractivity contribution in [3.05, 3.63) is 0 Å². The molecular formula is C8H17NO2. The van der Waals surface area contributed by atoms with Gasteiger partial charge in [-0.05, 0) is 27.4 Å². The smallest absolute Gasteiger partial charge is 0.0929 e. The normalized spacial score (nSPS) is 39.5. The fourth-order valence-electron chi connectivity index (χ4n) is 1.49. The maximum Gasteiger partial charge on any atom is 0.0929 e. The molecule has 1 aliphatic rings. The summed E-state index contributed by atoms with van der Waals surface area (Å²) in [6.45, 7) is 2.52. The van der Waals surface area contributed by atoms with Crippen LogP contribution >= 0.6 is 0 Å². The predicted molar refractivity (Wildman–Crippen MR) is 43.5 cm³/mol. The van der Waals surface area contributed by atoms with Gasteiger partial charge in [-0.2, -0.15) is 0 Å². The fraction of sp³-hybridized carbons (Fsp3) is 1.00. The van der Waals surface area contributed by atoms with Crippen molar-refractivity contribution in [2.45, 2.75) is 31.6 Å². The van der Waals surface area contributed by atoms with Crippen LogP contribution in [0.4, 0.5) is 0 Å². The van der Waals surface area contributed by atoms with Crippen LogP contribution in [-0.2, 0) is 4.74 Å². The molecule has 0 saturated carbocycles. The van der Waals surface area contributed by atoms with Crippen LogP contribution in [-0.4, -0.2) is 49.0 Å². The number of likely N-dealkylation sites (N-methyl/N-ethyl adjacent to an activating group) is 1. The van der Waals surface area contributed by atoms with Crippen molar-refractivity contribution >= 4 is 0 Å². The first-order valence-electron chi connectivity index (χ1n) is 4.07. The van der Waals surface area contributed by atoms with Crippen molar-refractivity contribution in [3.8, 4) is 0 Å². The zero-order valence-electron chi connectivity index (χ0n) is 7.45. The number of rotatable bonds is 1. The maximum atomic E-state index is 9.49. The quantitative estimate of drug-likeness (QED) is 0.588. The Bertz CT molecular complexity index is 127. The van der Waals surface area contributed by atoms with Crippen molar-refractivity contribution in [2.24, 2.45) is 0 Å². The van der Waals surface area contributed by atoms with E-state index in [1.165, 1.54) is 0 Å². The van der Waals surface area contributed by atoms with Gasteiger partial charge in [0.1, 0.15) is 0 Å². The van der Waals surface area contributed by atoms with Gasteiger partial charge in [-0.3, -0.25) is 0 Å². The summed E-state index contributed by atoms with van der Waals surface area (Å²) >= 11 is 0. The molecule has 0 radical (unpaired) electrons. The zero-order valence-corrected chi connectivity index (χ0v) is 7.45. The zero-order chi connectivity index (χ0) is 8.43. The molecule has 0 aromatic rings. The van der Waals surface area contributed by atoms with Gasteiger partial charge >= 0.3 is 0 Å². The Morgan fingerprint density at radius 2 is 2.09 bits per heavy atom. The molecule has 2 unspecified atom stereocenters. The van der Waals surface area contributed by atoms with E-state index >= 15 is 0 Å². The summed E-state index contributed by atoms with van der Waals surface area (Å²) in [6, 6.07) is 0.263. The molecule has 1 saturated heterocycles. The third-order valence-electron chi connectivity index (χ3n) is 2.23. The molecule has 3 heteroatoms. The number of hydrogen-bond donors (Lipinski definition) is 1. The molecule has 3 atom stereocenters. The van der Waals surface area contributed by atoms with Crippen molar-refractivity contribution in [1.82, 2.24) is 4.90 Å². The molecule has 0 spiro atoms. The van der Waals surface area contributed by atoms with Crippen LogP contribution in [0.2, 0.25) is 0 Å². The van der Waals surface area contributed by atoms with Gasteiger partial charge in [0.05, 0.1) is 18.8 Å². The molecule has 1 N–H and O–H groups in total. The summed E-state index contributed by atoms with van der Waals surface area (Å²) in [5.41, 5.74) is 0. The molecule has 1 aliphatic heterocycles. The van der Waals surface area contributed by atoms with Gasteiger partial charge in [0, 0.05) is 6.04 Å². The number of aliphatic hydroxyl groups is 1. The highest BCUT2D eigenvalue weighted by atomic mass is 16.5. The second-order valence-electron chi connectivity index (χ2n) is 3.48. The summed E-state index contributed by atoms with van der Waals surface area (Å²) in [7, 11) is 3.98. The van der Waals surface area contributed by atoms with Gasteiger partial charge in [-0.1, -0.05) is 0 Å². The maximum absolute atomic E-state index is 9.49. The molecule has 0 aliphatic carbocycles. The Morgan fingerprint density at radius 1 is 1.45 bits per heavy atom. The first-order valence-corrected chi connectivity index (χ1v) is 4.07. The van der Waals surface area contributed by atoms with Crippen LogP contribution < -0.4 is 0 Å². The lowest BCUT2D eigenvalue weighted by atomic mass is 10.0. The molecule has 0 amide bonds. The molecule has 11 heavy (non-hydrogen) atoms. The second kappa shape index (κ2) is 3.52. The molecule has 0 aromatic heterocycles. The van der Waals surface area contributed by atoms with E-state index in [1.807, 2.05) is 21.0 Å².